The standard InChI is InChI=1S/C31H36N4O4/c1-22(2)35(31(38)25-9-15-28(39-4)16-10-25)21-29(36)32-26-11-13-27(14-12-26)33-17-19-34(20-18-33)30(37)24-7-5-23(3)6-8-24/h5-16,22H,17-21H2,1-4H3,(H,32,36). The summed E-state index contributed by atoms with van der Waals surface area (Å²) in [6.45, 7) is 8.50. The topological polar surface area (TPSA) is 82.2 Å². The minimum atomic E-state index is -0.262. The molecule has 8 heteroatoms. The van der Waals surface area contributed by atoms with Crippen LogP contribution < -0.4 is 15.0 Å². The van der Waals surface area contributed by atoms with E-state index in [1.807, 2.05) is 74.2 Å². The Balaban J connectivity index is 1.30. The van der Waals surface area contributed by atoms with Crippen LogP contribution in [-0.4, -0.2) is 73.4 Å². The van der Waals surface area contributed by atoms with Crippen LogP contribution in [0.5, 0.6) is 5.75 Å². The Hall–Kier alpha value is -4.33. The quantitative estimate of drug-likeness (QED) is 0.467. The zero-order valence-corrected chi connectivity index (χ0v) is 23.0. The van der Waals surface area contributed by atoms with Gasteiger partial charge in [0.2, 0.25) is 5.91 Å². The molecule has 39 heavy (non-hydrogen) atoms. The minimum absolute atomic E-state index is 0.0543. The summed E-state index contributed by atoms with van der Waals surface area (Å²) in [4.78, 5) is 44.3. The first kappa shape index (κ1) is 27.7. The van der Waals surface area contributed by atoms with Crippen LogP contribution in [0.25, 0.3) is 0 Å². The Morgan fingerprint density at radius 1 is 0.846 bits per heavy atom. The highest BCUT2D eigenvalue weighted by Crippen LogP contribution is 2.21. The molecule has 0 unspecified atom stereocenters. The predicted octanol–water partition coefficient (Wildman–Crippen LogP) is 4.46. The molecular formula is C31H36N4O4. The Kier molecular flexibility index (Phi) is 8.86. The van der Waals surface area contributed by atoms with Gasteiger partial charge in [-0.2, -0.15) is 0 Å². The molecule has 1 fully saturated rings. The Bertz CT molecular complexity index is 1280. The lowest BCUT2D eigenvalue weighted by atomic mass is 10.1. The number of hydrogen-bond donors (Lipinski definition) is 1. The maximum absolute atomic E-state index is 13.0. The van der Waals surface area contributed by atoms with E-state index < -0.39 is 0 Å². The van der Waals surface area contributed by atoms with E-state index >= 15 is 0 Å². The zero-order chi connectivity index (χ0) is 27.9. The molecule has 4 rings (SSSR count). The van der Waals surface area contributed by atoms with Crippen molar-refractivity contribution in [2.45, 2.75) is 26.8 Å². The van der Waals surface area contributed by atoms with Crippen LogP contribution in [0, 0.1) is 6.92 Å². The highest BCUT2D eigenvalue weighted by Gasteiger charge is 2.23. The van der Waals surface area contributed by atoms with Gasteiger partial charge < -0.3 is 24.8 Å². The van der Waals surface area contributed by atoms with Crippen molar-refractivity contribution >= 4 is 29.1 Å². The van der Waals surface area contributed by atoms with Crippen molar-refractivity contribution in [2.75, 3.05) is 50.1 Å². The first-order valence-electron chi connectivity index (χ1n) is 13.2. The maximum atomic E-state index is 13.0. The highest BCUT2D eigenvalue weighted by atomic mass is 16.5. The van der Waals surface area contributed by atoms with E-state index in [0.717, 1.165) is 29.9 Å². The second kappa shape index (κ2) is 12.5. The van der Waals surface area contributed by atoms with Crippen LogP contribution in [0.3, 0.4) is 0 Å². The number of aryl methyl sites for hydroxylation is 1. The van der Waals surface area contributed by atoms with Crippen LogP contribution in [-0.2, 0) is 4.79 Å². The summed E-state index contributed by atoms with van der Waals surface area (Å²) in [7, 11) is 1.57. The number of rotatable bonds is 8. The van der Waals surface area contributed by atoms with Gasteiger partial charge in [-0.15, -0.1) is 0 Å². The first-order valence-corrected chi connectivity index (χ1v) is 13.2. The van der Waals surface area contributed by atoms with Crippen molar-refractivity contribution in [2.24, 2.45) is 0 Å². The van der Waals surface area contributed by atoms with E-state index in [2.05, 4.69) is 10.2 Å². The van der Waals surface area contributed by atoms with Crippen molar-refractivity contribution in [3.05, 3.63) is 89.5 Å². The van der Waals surface area contributed by atoms with E-state index in [1.165, 1.54) is 0 Å². The molecule has 1 N–H and O–H groups in total. The lowest BCUT2D eigenvalue weighted by molar-refractivity contribution is -0.117. The molecule has 1 aliphatic heterocycles. The Labute approximate surface area is 230 Å². The number of methoxy groups -OCH3 is 1. The molecule has 3 amide bonds. The van der Waals surface area contributed by atoms with Gasteiger partial charge in [0, 0.05) is 54.7 Å². The molecule has 0 radical (unpaired) electrons. The van der Waals surface area contributed by atoms with Crippen LogP contribution in [0.4, 0.5) is 11.4 Å². The normalized spacial score (nSPS) is 13.3. The predicted molar refractivity (Wildman–Crippen MR) is 154 cm³/mol. The second-order valence-corrected chi connectivity index (χ2v) is 10.00. The van der Waals surface area contributed by atoms with E-state index in [0.29, 0.717) is 30.1 Å². The number of anilines is 2. The number of piperazine rings is 1. The van der Waals surface area contributed by atoms with Crippen molar-refractivity contribution in [1.82, 2.24) is 9.80 Å². The Morgan fingerprint density at radius 3 is 2.00 bits per heavy atom. The molecule has 8 nitrogen and oxygen atoms in total. The smallest absolute Gasteiger partial charge is 0.254 e. The SMILES string of the molecule is COc1ccc(C(=O)N(CC(=O)Nc2ccc(N3CCN(C(=O)c4ccc(C)cc4)CC3)cc2)C(C)C)cc1. The fraction of sp³-hybridized carbons (Fsp3) is 0.323. The Morgan fingerprint density at radius 2 is 1.44 bits per heavy atom. The van der Waals surface area contributed by atoms with Crippen LogP contribution in [0.15, 0.2) is 72.8 Å². The van der Waals surface area contributed by atoms with Crippen molar-refractivity contribution < 1.29 is 19.1 Å². The zero-order valence-electron chi connectivity index (χ0n) is 23.0. The van der Waals surface area contributed by atoms with Crippen LogP contribution in [0.1, 0.15) is 40.1 Å². The fourth-order valence-electron chi connectivity index (χ4n) is 4.55. The van der Waals surface area contributed by atoms with Gasteiger partial charge in [0.25, 0.3) is 11.8 Å². The molecule has 0 saturated carbocycles. The van der Waals surface area contributed by atoms with Crippen LogP contribution >= 0.6 is 0 Å². The summed E-state index contributed by atoms with van der Waals surface area (Å²) >= 11 is 0. The summed E-state index contributed by atoms with van der Waals surface area (Å²) in [5.41, 5.74) is 4.06. The molecule has 0 bridgehead atoms. The monoisotopic (exact) mass is 528 g/mol. The number of carbonyl (C=O) groups is 3. The van der Waals surface area contributed by atoms with E-state index in [1.54, 1.807) is 36.3 Å². The van der Waals surface area contributed by atoms with E-state index in [-0.39, 0.29) is 30.3 Å². The summed E-state index contributed by atoms with van der Waals surface area (Å²) in [5, 5.41) is 2.90. The van der Waals surface area contributed by atoms with Crippen molar-refractivity contribution in [3.63, 3.8) is 0 Å². The van der Waals surface area contributed by atoms with Gasteiger partial charge in [0.05, 0.1) is 7.11 Å². The molecule has 0 spiro atoms. The number of hydrogen-bond acceptors (Lipinski definition) is 5. The summed E-state index contributed by atoms with van der Waals surface area (Å²) in [6, 6.07) is 22.1. The number of carbonyl (C=O) groups excluding carboxylic acids is 3. The summed E-state index contributed by atoms with van der Waals surface area (Å²) < 4.78 is 5.16. The highest BCUT2D eigenvalue weighted by molar-refractivity contribution is 5.99. The first-order chi connectivity index (χ1) is 18.7. The summed E-state index contributed by atoms with van der Waals surface area (Å²) in [6.07, 6.45) is 0. The average Bonchev–Trinajstić information content (AvgIpc) is 2.96. The number of benzene rings is 3. The van der Waals surface area contributed by atoms with Gasteiger partial charge in [-0.1, -0.05) is 17.7 Å². The molecule has 1 aliphatic rings. The summed E-state index contributed by atoms with van der Waals surface area (Å²) in [5.74, 6) is 0.259. The van der Waals surface area contributed by atoms with Gasteiger partial charge in [0.15, 0.2) is 0 Å². The molecule has 0 atom stereocenters. The fourth-order valence-corrected chi connectivity index (χ4v) is 4.55. The molecule has 1 heterocycles. The number of ether oxygens (including phenoxy) is 1. The van der Waals surface area contributed by atoms with Crippen LogP contribution in [0.2, 0.25) is 0 Å². The third-order valence-electron chi connectivity index (χ3n) is 6.92. The van der Waals surface area contributed by atoms with Gasteiger partial charge in [0.1, 0.15) is 12.3 Å². The molecule has 3 aromatic carbocycles. The van der Waals surface area contributed by atoms with Gasteiger partial charge in [-0.05, 0) is 81.4 Å². The van der Waals surface area contributed by atoms with Gasteiger partial charge >= 0.3 is 0 Å². The molecule has 0 aliphatic carbocycles. The van der Waals surface area contributed by atoms with Gasteiger partial charge in [-0.3, -0.25) is 14.4 Å². The van der Waals surface area contributed by atoms with Crippen molar-refractivity contribution in [1.29, 1.82) is 0 Å². The largest absolute Gasteiger partial charge is 0.497 e. The van der Waals surface area contributed by atoms with E-state index in [4.69, 9.17) is 4.74 Å². The molecule has 1 saturated heterocycles. The molecular weight excluding hydrogens is 492 g/mol. The minimum Gasteiger partial charge on any atom is -0.497 e. The second-order valence-electron chi connectivity index (χ2n) is 10.00. The number of nitrogens with one attached hydrogen (secondary N) is 1. The van der Waals surface area contributed by atoms with Gasteiger partial charge in [-0.25, -0.2) is 0 Å². The molecule has 3 aromatic rings. The third-order valence-corrected chi connectivity index (χ3v) is 6.92. The molecule has 0 aromatic heterocycles. The average molecular weight is 529 g/mol. The third kappa shape index (κ3) is 6.96. The van der Waals surface area contributed by atoms with E-state index in [9.17, 15) is 14.4 Å². The number of amides is 3. The number of nitrogens with zero attached hydrogens (tertiary/aromatic N) is 3. The lowest BCUT2D eigenvalue weighted by Gasteiger charge is -2.36. The van der Waals surface area contributed by atoms with Crippen molar-refractivity contribution in [3.8, 4) is 5.75 Å². The maximum Gasteiger partial charge on any atom is 0.254 e. The lowest BCUT2D eigenvalue weighted by Crippen LogP contribution is -2.48. The molecule has 204 valence electrons.